The summed E-state index contributed by atoms with van der Waals surface area (Å²) in [6, 6.07) is 5.34. The normalized spacial score (nSPS) is 13.3. The first-order valence-corrected chi connectivity index (χ1v) is 6.42. The topological polar surface area (TPSA) is 102 Å². The summed E-state index contributed by atoms with van der Waals surface area (Å²) in [5, 5.41) is 11.1. The molecule has 1 unspecified atom stereocenters. The standard InChI is InChI=1S/C14H19FN2O4/c1-21-13(20)14(9-16,8-12(19)17-5-6-18)10-3-2-4-11(15)7-10/h2-4,7,18H,5-6,8-9,16H2,1H3,(H,17,19). The summed E-state index contributed by atoms with van der Waals surface area (Å²) in [4.78, 5) is 24.0. The molecule has 116 valence electrons. The average Bonchev–Trinajstić information content (AvgIpc) is 2.49. The van der Waals surface area contributed by atoms with Gasteiger partial charge in [0.2, 0.25) is 5.91 Å². The van der Waals surface area contributed by atoms with Crippen LogP contribution < -0.4 is 11.1 Å². The number of nitrogens with two attached hydrogens (primary N) is 1. The third-order valence-corrected chi connectivity index (χ3v) is 3.20. The van der Waals surface area contributed by atoms with Gasteiger partial charge in [0.15, 0.2) is 0 Å². The van der Waals surface area contributed by atoms with Crippen molar-refractivity contribution < 1.29 is 23.8 Å². The second kappa shape index (κ2) is 7.70. The Morgan fingerprint density at radius 3 is 2.71 bits per heavy atom. The highest BCUT2D eigenvalue weighted by Crippen LogP contribution is 2.29. The molecule has 0 radical (unpaired) electrons. The van der Waals surface area contributed by atoms with Crippen LogP contribution in [-0.4, -0.2) is 43.8 Å². The Kier molecular flexibility index (Phi) is 6.26. The molecule has 0 bridgehead atoms. The van der Waals surface area contributed by atoms with Gasteiger partial charge in [0.25, 0.3) is 0 Å². The molecule has 0 saturated carbocycles. The van der Waals surface area contributed by atoms with E-state index in [1.54, 1.807) is 0 Å². The maximum absolute atomic E-state index is 13.4. The first-order chi connectivity index (χ1) is 10.00. The number of hydrogen-bond acceptors (Lipinski definition) is 5. The van der Waals surface area contributed by atoms with Gasteiger partial charge < -0.3 is 20.9 Å². The zero-order valence-electron chi connectivity index (χ0n) is 11.8. The number of nitrogens with one attached hydrogen (secondary N) is 1. The molecule has 6 nitrogen and oxygen atoms in total. The van der Waals surface area contributed by atoms with Crippen LogP contribution >= 0.6 is 0 Å². The van der Waals surface area contributed by atoms with Crippen LogP contribution in [0, 0.1) is 5.82 Å². The molecular weight excluding hydrogens is 279 g/mol. The Balaban J connectivity index is 3.16. The van der Waals surface area contributed by atoms with E-state index in [9.17, 15) is 14.0 Å². The summed E-state index contributed by atoms with van der Waals surface area (Å²) in [5.41, 5.74) is 4.50. The van der Waals surface area contributed by atoms with Gasteiger partial charge in [-0.2, -0.15) is 0 Å². The van der Waals surface area contributed by atoms with Crippen LogP contribution in [-0.2, 0) is 19.7 Å². The van der Waals surface area contributed by atoms with Crippen molar-refractivity contribution in [1.29, 1.82) is 0 Å². The number of aliphatic hydroxyl groups excluding tert-OH is 1. The molecule has 0 aliphatic rings. The number of hydrogen-bond donors (Lipinski definition) is 3. The maximum Gasteiger partial charge on any atom is 0.318 e. The van der Waals surface area contributed by atoms with Crippen molar-refractivity contribution in [3.8, 4) is 0 Å². The van der Waals surface area contributed by atoms with Crippen LogP contribution in [0.25, 0.3) is 0 Å². The second-order valence-electron chi connectivity index (χ2n) is 4.54. The number of amides is 1. The predicted molar refractivity (Wildman–Crippen MR) is 73.9 cm³/mol. The molecule has 0 aliphatic carbocycles. The van der Waals surface area contributed by atoms with Crippen LogP contribution in [0.15, 0.2) is 24.3 Å². The lowest BCUT2D eigenvalue weighted by molar-refractivity contribution is -0.149. The molecule has 0 saturated heterocycles. The predicted octanol–water partition coefficient (Wildman–Crippen LogP) is -0.306. The molecule has 0 fully saturated rings. The van der Waals surface area contributed by atoms with Gasteiger partial charge in [-0.3, -0.25) is 9.59 Å². The van der Waals surface area contributed by atoms with Crippen LogP contribution in [0.5, 0.6) is 0 Å². The highest BCUT2D eigenvalue weighted by molar-refractivity contribution is 5.90. The monoisotopic (exact) mass is 298 g/mol. The molecule has 0 aromatic heterocycles. The fraction of sp³-hybridized carbons (Fsp3) is 0.429. The van der Waals surface area contributed by atoms with Crippen molar-refractivity contribution in [3.63, 3.8) is 0 Å². The third kappa shape index (κ3) is 3.99. The van der Waals surface area contributed by atoms with Crippen molar-refractivity contribution in [3.05, 3.63) is 35.6 Å². The summed E-state index contributed by atoms with van der Waals surface area (Å²) < 4.78 is 18.2. The number of carbonyl (C=O) groups excluding carboxylic acids is 2. The minimum absolute atomic E-state index is 0.0593. The first kappa shape index (κ1) is 17.1. The van der Waals surface area contributed by atoms with Crippen molar-refractivity contribution in [2.45, 2.75) is 11.8 Å². The number of ether oxygens (including phenoxy) is 1. The van der Waals surface area contributed by atoms with Crippen molar-refractivity contribution in [2.75, 3.05) is 26.8 Å². The summed E-state index contributed by atoms with van der Waals surface area (Å²) in [7, 11) is 1.18. The minimum Gasteiger partial charge on any atom is -0.468 e. The lowest BCUT2D eigenvalue weighted by atomic mass is 9.77. The Bertz CT molecular complexity index is 510. The van der Waals surface area contributed by atoms with Gasteiger partial charge in [-0.25, -0.2) is 4.39 Å². The molecule has 7 heteroatoms. The van der Waals surface area contributed by atoms with E-state index in [1.165, 1.54) is 25.3 Å². The van der Waals surface area contributed by atoms with Crippen LogP contribution in [0.4, 0.5) is 4.39 Å². The maximum atomic E-state index is 13.4. The lowest BCUT2D eigenvalue weighted by Crippen LogP contribution is -2.47. The summed E-state index contributed by atoms with van der Waals surface area (Å²) in [5.74, 6) is -1.73. The molecule has 1 rings (SSSR count). The second-order valence-corrected chi connectivity index (χ2v) is 4.54. The van der Waals surface area contributed by atoms with Gasteiger partial charge in [0.1, 0.15) is 11.2 Å². The number of halogens is 1. The van der Waals surface area contributed by atoms with Crippen molar-refractivity contribution >= 4 is 11.9 Å². The van der Waals surface area contributed by atoms with Gasteiger partial charge >= 0.3 is 5.97 Å². The number of carbonyl (C=O) groups is 2. The largest absolute Gasteiger partial charge is 0.468 e. The molecule has 1 aromatic rings. The van der Waals surface area contributed by atoms with Crippen molar-refractivity contribution in [2.24, 2.45) is 5.73 Å². The molecule has 4 N–H and O–H groups in total. The van der Waals surface area contributed by atoms with Gasteiger partial charge in [0, 0.05) is 19.5 Å². The van der Waals surface area contributed by atoms with Crippen LogP contribution in [0.1, 0.15) is 12.0 Å². The molecule has 1 atom stereocenters. The van der Waals surface area contributed by atoms with Crippen molar-refractivity contribution in [1.82, 2.24) is 5.32 Å². The summed E-state index contributed by atoms with van der Waals surface area (Å²) in [6.45, 7) is -0.376. The smallest absolute Gasteiger partial charge is 0.318 e. The van der Waals surface area contributed by atoms with E-state index in [4.69, 9.17) is 15.6 Å². The Labute approximate surface area is 122 Å². The zero-order valence-corrected chi connectivity index (χ0v) is 11.8. The fourth-order valence-electron chi connectivity index (χ4n) is 2.08. The van der Waals surface area contributed by atoms with Crippen LogP contribution in [0.3, 0.4) is 0 Å². The number of methoxy groups -OCH3 is 1. The first-order valence-electron chi connectivity index (χ1n) is 6.42. The minimum atomic E-state index is -1.46. The molecular formula is C14H19FN2O4. The van der Waals surface area contributed by atoms with E-state index < -0.39 is 23.1 Å². The molecule has 1 aromatic carbocycles. The van der Waals surface area contributed by atoms with Gasteiger partial charge in [-0.15, -0.1) is 0 Å². The summed E-state index contributed by atoms with van der Waals surface area (Å²) in [6.07, 6.45) is -0.292. The molecule has 1 amide bonds. The van der Waals surface area contributed by atoms with Gasteiger partial charge in [-0.1, -0.05) is 12.1 Å². The number of benzene rings is 1. The van der Waals surface area contributed by atoms with E-state index in [2.05, 4.69) is 5.32 Å². The van der Waals surface area contributed by atoms with E-state index in [0.29, 0.717) is 0 Å². The summed E-state index contributed by atoms with van der Waals surface area (Å²) >= 11 is 0. The lowest BCUT2D eigenvalue weighted by Gasteiger charge is -2.29. The zero-order chi connectivity index (χ0) is 15.9. The average molecular weight is 298 g/mol. The van der Waals surface area contributed by atoms with Gasteiger partial charge in [-0.05, 0) is 17.7 Å². The SMILES string of the molecule is COC(=O)C(CN)(CC(=O)NCCO)c1cccc(F)c1. The quantitative estimate of drug-likeness (QED) is 0.600. The molecule has 0 spiro atoms. The fourth-order valence-corrected chi connectivity index (χ4v) is 2.08. The van der Waals surface area contributed by atoms with Crippen LogP contribution in [0.2, 0.25) is 0 Å². The Morgan fingerprint density at radius 2 is 2.19 bits per heavy atom. The molecule has 0 heterocycles. The number of aliphatic hydroxyl groups is 1. The van der Waals surface area contributed by atoms with Gasteiger partial charge in [0.05, 0.1) is 13.7 Å². The highest BCUT2D eigenvalue weighted by Gasteiger charge is 2.42. The van der Waals surface area contributed by atoms with E-state index in [-0.39, 0.29) is 31.7 Å². The van der Waals surface area contributed by atoms with E-state index >= 15 is 0 Å². The van der Waals surface area contributed by atoms with E-state index in [1.807, 2.05) is 0 Å². The Hall–Kier alpha value is -1.99. The number of rotatable bonds is 7. The molecule has 21 heavy (non-hydrogen) atoms. The number of esters is 1. The third-order valence-electron chi connectivity index (χ3n) is 3.20. The molecule has 0 aliphatic heterocycles. The van der Waals surface area contributed by atoms with E-state index in [0.717, 1.165) is 6.07 Å². The Morgan fingerprint density at radius 1 is 1.48 bits per heavy atom. The highest BCUT2D eigenvalue weighted by atomic mass is 19.1.